The second-order valence-corrected chi connectivity index (χ2v) is 3.57. The molecule has 1 unspecified atom stereocenters. The zero-order chi connectivity index (χ0) is 11.3. The average molecular weight is 210 g/mol. The molecule has 1 aliphatic heterocycles. The lowest BCUT2D eigenvalue weighted by Crippen LogP contribution is -2.48. The molecule has 0 aromatic carbocycles. The van der Waals surface area contributed by atoms with Crippen LogP contribution in [0.4, 0.5) is 4.79 Å². The Kier molecular flexibility index (Phi) is 4.37. The normalized spacial score (nSPS) is 21.3. The van der Waals surface area contributed by atoms with Crippen LogP contribution in [0.15, 0.2) is 24.8 Å². The summed E-state index contributed by atoms with van der Waals surface area (Å²) in [5, 5.41) is 0. The van der Waals surface area contributed by atoms with Crippen molar-refractivity contribution in [3.63, 3.8) is 0 Å². The van der Waals surface area contributed by atoms with E-state index in [2.05, 4.69) is 13.2 Å². The Balaban J connectivity index is 2.60. The van der Waals surface area contributed by atoms with E-state index >= 15 is 0 Å². The molecule has 0 radical (unpaired) electrons. The Morgan fingerprint density at radius 2 is 2.47 bits per heavy atom. The fourth-order valence-electron chi connectivity index (χ4n) is 1.74. The summed E-state index contributed by atoms with van der Waals surface area (Å²) in [7, 11) is 0. The molecule has 1 atom stereocenters. The number of amides is 1. The molecule has 1 fully saturated rings. The first kappa shape index (κ1) is 11.8. The molecule has 0 saturated carbocycles. The van der Waals surface area contributed by atoms with Crippen molar-refractivity contribution < 1.29 is 9.53 Å². The summed E-state index contributed by atoms with van der Waals surface area (Å²) in [4.78, 5) is 13.3. The van der Waals surface area contributed by atoms with Crippen LogP contribution in [0.5, 0.6) is 0 Å². The van der Waals surface area contributed by atoms with Crippen molar-refractivity contribution in [2.75, 3.05) is 19.7 Å². The van der Waals surface area contributed by atoms with Gasteiger partial charge in [-0.2, -0.15) is 0 Å². The molecule has 0 aromatic heterocycles. The van der Waals surface area contributed by atoms with Crippen molar-refractivity contribution in [3.05, 3.63) is 24.8 Å². The van der Waals surface area contributed by atoms with Gasteiger partial charge in [-0.1, -0.05) is 24.8 Å². The number of piperidine rings is 1. The van der Waals surface area contributed by atoms with Gasteiger partial charge in [0.25, 0.3) is 0 Å². The van der Waals surface area contributed by atoms with E-state index in [0.717, 1.165) is 18.4 Å². The van der Waals surface area contributed by atoms with Gasteiger partial charge >= 0.3 is 6.09 Å². The molecule has 84 valence electrons. The Hall–Kier alpha value is -1.29. The highest BCUT2D eigenvalue weighted by molar-refractivity contribution is 5.69. The highest BCUT2D eigenvalue weighted by Crippen LogP contribution is 2.21. The SMILES string of the molecule is C=CCOC(=O)N1CCCC(=C)C1CN. The first-order chi connectivity index (χ1) is 7.20. The van der Waals surface area contributed by atoms with Crippen molar-refractivity contribution in [2.24, 2.45) is 5.73 Å². The number of ether oxygens (including phenoxy) is 1. The van der Waals surface area contributed by atoms with Crippen molar-refractivity contribution >= 4 is 6.09 Å². The van der Waals surface area contributed by atoms with E-state index in [-0.39, 0.29) is 18.7 Å². The summed E-state index contributed by atoms with van der Waals surface area (Å²) < 4.78 is 4.98. The highest BCUT2D eigenvalue weighted by Gasteiger charge is 2.28. The standard InChI is InChI=1S/C11H18N2O2/c1-3-7-15-11(14)13-6-4-5-9(2)10(13)8-12/h3,10H,1-2,4-8,12H2. The maximum absolute atomic E-state index is 11.6. The molecule has 0 aliphatic carbocycles. The van der Waals surface area contributed by atoms with E-state index in [0.29, 0.717) is 13.1 Å². The van der Waals surface area contributed by atoms with Crippen LogP contribution in [0.3, 0.4) is 0 Å². The predicted octanol–water partition coefficient (Wildman–Crippen LogP) is 1.29. The van der Waals surface area contributed by atoms with E-state index in [1.807, 2.05) is 0 Å². The van der Waals surface area contributed by atoms with Crippen LogP contribution in [0, 0.1) is 0 Å². The third kappa shape index (κ3) is 2.83. The number of rotatable bonds is 3. The number of nitrogens with two attached hydrogens (primary N) is 1. The second-order valence-electron chi connectivity index (χ2n) is 3.57. The number of hydrogen-bond acceptors (Lipinski definition) is 3. The van der Waals surface area contributed by atoms with Gasteiger partial charge in [0.1, 0.15) is 6.61 Å². The summed E-state index contributed by atoms with van der Waals surface area (Å²) in [5.41, 5.74) is 6.63. The Morgan fingerprint density at radius 3 is 3.07 bits per heavy atom. The molecule has 1 saturated heterocycles. The Labute approximate surface area is 90.4 Å². The minimum atomic E-state index is -0.328. The molecule has 15 heavy (non-hydrogen) atoms. The van der Waals surface area contributed by atoms with Crippen LogP contribution in [0.25, 0.3) is 0 Å². The van der Waals surface area contributed by atoms with Crippen LogP contribution < -0.4 is 5.73 Å². The van der Waals surface area contributed by atoms with E-state index in [9.17, 15) is 4.79 Å². The fourth-order valence-corrected chi connectivity index (χ4v) is 1.74. The van der Waals surface area contributed by atoms with Crippen LogP contribution in [-0.2, 0) is 4.74 Å². The van der Waals surface area contributed by atoms with Crippen molar-refractivity contribution in [2.45, 2.75) is 18.9 Å². The number of likely N-dealkylation sites (tertiary alicyclic amines) is 1. The number of hydrogen-bond donors (Lipinski definition) is 1. The summed E-state index contributed by atoms with van der Waals surface area (Å²) in [6.07, 6.45) is 3.09. The van der Waals surface area contributed by atoms with E-state index in [4.69, 9.17) is 10.5 Å². The number of nitrogens with zero attached hydrogens (tertiary/aromatic N) is 1. The van der Waals surface area contributed by atoms with Gasteiger partial charge in [0.15, 0.2) is 0 Å². The van der Waals surface area contributed by atoms with Crippen molar-refractivity contribution in [1.82, 2.24) is 4.90 Å². The van der Waals surface area contributed by atoms with Crippen molar-refractivity contribution in [1.29, 1.82) is 0 Å². The van der Waals surface area contributed by atoms with Gasteiger partial charge in [0.2, 0.25) is 0 Å². The molecule has 0 aromatic rings. The molecular weight excluding hydrogens is 192 g/mol. The monoisotopic (exact) mass is 210 g/mol. The summed E-state index contributed by atoms with van der Waals surface area (Å²) in [6.45, 7) is 8.76. The van der Waals surface area contributed by atoms with E-state index in [1.54, 1.807) is 11.0 Å². The van der Waals surface area contributed by atoms with E-state index in [1.165, 1.54) is 0 Å². The third-order valence-electron chi connectivity index (χ3n) is 2.53. The lowest BCUT2D eigenvalue weighted by Gasteiger charge is -2.35. The molecule has 2 N–H and O–H groups in total. The fraction of sp³-hybridized carbons (Fsp3) is 0.545. The molecule has 4 heteroatoms. The van der Waals surface area contributed by atoms with Gasteiger partial charge in [-0.25, -0.2) is 4.79 Å². The van der Waals surface area contributed by atoms with Crippen molar-refractivity contribution in [3.8, 4) is 0 Å². The lowest BCUT2D eigenvalue weighted by atomic mass is 9.98. The zero-order valence-corrected chi connectivity index (χ0v) is 8.95. The molecule has 4 nitrogen and oxygen atoms in total. The van der Waals surface area contributed by atoms with Gasteiger partial charge in [0.05, 0.1) is 6.04 Å². The highest BCUT2D eigenvalue weighted by atomic mass is 16.6. The molecule has 1 aliphatic rings. The quantitative estimate of drug-likeness (QED) is 0.714. The summed E-state index contributed by atoms with van der Waals surface area (Å²) in [5.74, 6) is 0. The molecule has 0 spiro atoms. The Morgan fingerprint density at radius 1 is 1.73 bits per heavy atom. The van der Waals surface area contributed by atoms with Gasteiger partial charge < -0.3 is 15.4 Å². The van der Waals surface area contributed by atoms with Gasteiger partial charge in [-0.05, 0) is 12.8 Å². The predicted molar refractivity (Wildman–Crippen MR) is 59.5 cm³/mol. The summed E-state index contributed by atoms with van der Waals surface area (Å²) >= 11 is 0. The van der Waals surface area contributed by atoms with Crippen LogP contribution >= 0.6 is 0 Å². The minimum Gasteiger partial charge on any atom is -0.445 e. The Bertz CT molecular complexity index is 263. The zero-order valence-electron chi connectivity index (χ0n) is 8.95. The molecule has 1 heterocycles. The minimum absolute atomic E-state index is 0.0731. The third-order valence-corrected chi connectivity index (χ3v) is 2.53. The molecule has 0 bridgehead atoms. The number of carbonyl (C=O) groups excluding carboxylic acids is 1. The van der Waals surface area contributed by atoms with Gasteiger partial charge in [-0.3, -0.25) is 0 Å². The first-order valence-corrected chi connectivity index (χ1v) is 5.12. The lowest BCUT2D eigenvalue weighted by molar-refractivity contribution is 0.0951. The first-order valence-electron chi connectivity index (χ1n) is 5.12. The van der Waals surface area contributed by atoms with Crippen LogP contribution in [0.2, 0.25) is 0 Å². The average Bonchev–Trinajstić information content (AvgIpc) is 2.25. The maximum atomic E-state index is 11.6. The second kappa shape index (κ2) is 5.56. The molecule has 1 amide bonds. The summed E-state index contributed by atoms with van der Waals surface area (Å²) in [6, 6.07) is -0.0731. The smallest absolute Gasteiger partial charge is 0.410 e. The van der Waals surface area contributed by atoms with Crippen LogP contribution in [0.1, 0.15) is 12.8 Å². The number of carbonyl (C=O) groups is 1. The molecule has 1 rings (SSSR count). The van der Waals surface area contributed by atoms with E-state index < -0.39 is 0 Å². The maximum Gasteiger partial charge on any atom is 0.410 e. The van der Waals surface area contributed by atoms with Gasteiger partial charge in [-0.15, -0.1) is 0 Å². The topological polar surface area (TPSA) is 55.6 Å². The largest absolute Gasteiger partial charge is 0.445 e. The van der Waals surface area contributed by atoms with Crippen LogP contribution in [-0.4, -0.2) is 36.7 Å². The molecular formula is C11H18N2O2. The van der Waals surface area contributed by atoms with Gasteiger partial charge in [0, 0.05) is 13.1 Å².